The van der Waals surface area contributed by atoms with E-state index in [-0.39, 0.29) is 17.7 Å². The molecule has 2 N–H and O–H groups in total. The first-order valence-corrected chi connectivity index (χ1v) is 8.70. The Balaban J connectivity index is 1.63. The van der Waals surface area contributed by atoms with Crippen LogP contribution in [-0.2, 0) is 11.3 Å². The normalized spacial score (nSPS) is 13.4. The van der Waals surface area contributed by atoms with E-state index >= 15 is 0 Å². The predicted octanol–water partition coefficient (Wildman–Crippen LogP) is 3.89. The Bertz CT molecular complexity index is 782. The van der Waals surface area contributed by atoms with Gasteiger partial charge >= 0.3 is 0 Å². The van der Waals surface area contributed by atoms with Crippen molar-refractivity contribution >= 4 is 17.5 Å². The van der Waals surface area contributed by atoms with Crippen molar-refractivity contribution in [3.63, 3.8) is 0 Å². The van der Waals surface area contributed by atoms with E-state index in [1.54, 1.807) is 12.1 Å². The number of carbonyl (C=O) groups is 2. The number of benzene rings is 2. The average molecular weight is 336 g/mol. The number of nitrogens with one attached hydrogen (secondary N) is 2. The van der Waals surface area contributed by atoms with Crippen LogP contribution in [0.3, 0.4) is 0 Å². The lowest BCUT2D eigenvalue weighted by atomic mass is 10.0. The maximum absolute atomic E-state index is 12.5. The molecule has 2 amide bonds. The van der Waals surface area contributed by atoms with Gasteiger partial charge in [-0.1, -0.05) is 29.8 Å². The summed E-state index contributed by atoms with van der Waals surface area (Å²) in [5, 5.41) is 5.94. The van der Waals surface area contributed by atoms with Crippen molar-refractivity contribution in [1.29, 1.82) is 0 Å². The summed E-state index contributed by atoms with van der Waals surface area (Å²) in [6.45, 7) is 6.56. The van der Waals surface area contributed by atoms with Crippen LogP contribution in [0.4, 0.5) is 5.69 Å². The lowest BCUT2D eigenvalue weighted by Gasteiger charge is -2.13. The fraction of sp³-hybridized carbons (Fsp3) is 0.333. The maximum atomic E-state index is 12.5. The summed E-state index contributed by atoms with van der Waals surface area (Å²) >= 11 is 0. The second-order valence-corrected chi connectivity index (χ2v) is 6.92. The monoisotopic (exact) mass is 336 g/mol. The van der Waals surface area contributed by atoms with Crippen LogP contribution in [0, 0.1) is 26.7 Å². The summed E-state index contributed by atoms with van der Waals surface area (Å²) in [5.74, 6) is 0.224. The van der Waals surface area contributed by atoms with E-state index in [2.05, 4.69) is 22.8 Å². The zero-order chi connectivity index (χ0) is 18.0. The summed E-state index contributed by atoms with van der Waals surface area (Å²) in [5.41, 5.74) is 5.78. The van der Waals surface area contributed by atoms with E-state index < -0.39 is 0 Å². The molecule has 0 heterocycles. The van der Waals surface area contributed by atoms with E-state index in [1.807, 2.05) is 32.9 Å². The Morgan fingerprint density at radius 2 is 1.60 bits per heavy atom. The molecule has 2 aromatic carbocycles. The molecule has 0 aromatic heterocycles. The van der Waals surface area contributed by atoms with Gasteiger partial charge in [-0.15, -0.1) is 0 Å². The molecule has 4 nitrogen and oxygen atoms in total. The largest absolute Gasteiger partial charge is 0.352 e. The summed E-state index contributed by atoms with van der Waals surface area (Å²) < 4.78 is 0. The number of aryl methyl sites for hydroxylation is 3. The van der Waals surface area contributed by atoms with Gasteiger partial charge in [-0.2, -0.15) is 0 Å². The van der Waals surface area contributed by atoms with Crippen LogP contribution in [0.1, 0.15) is 45.5 Å². The van der Waals surface area contributed by atoms with Gasteiger partial charge in [0.05, 0.1) is 0 Å². The van der Waals surface area contributed by atoms with E-state index in [4.69, 9.17) is 0 Å². The third kappa shape index (κ3) is 4.27. The molecule has 1 aliphatic rings. The van der Waals surface area contributed by atoms with E-state index in [1.165, 1.54) is 5.56 Å². The van der Waals surface area contributed by atoms with Gasteiger partial charge in [0.1, 0.15) is 0 Å². The first kappa shape index (κ1) is 17.2. The molecule has 3 rings (SSSR count). The van der Waals surface area contributed by atoms with Gasteiger partial charge in [0.25, 0.3) is 5.91 Å². The lowest BCUT2D eigenvalue weighted by Crippen LogP contribution is -2.24. The maximum Gasteiger partial charge on any atom is 0.255 e. The number of hydrogen-bond donors (Lipinski definition) is 2. The van der Waals surface area contributed by atoms with Crippen LogP contribution in [0.25, 0.3) is 0 Å². The summed E-state index contributed by atoms with van der Waals surface area (Å²) in [7, 11) is 0. The fourth-order valence-electron chi connectivity index (χ4n) is 3.02. The topological polar surface area (TPSA) is 58.2 Å². The minimum atomic E-state index is -0.122. The molecule has 2 aromatic rings. The van der Waals surface area contributed by atoms with Crippen molar-refractivity contribution in [2.24, 2.45) is 5.92 Å². The quantitative estimate of drug-likeness (QED) is 0.870. The standard InChI is InChI=1S/C21H24N2O2/c1-13-10-14(2)19(15(3)11-13)23-21(25)18-6-4-16(5-7-18)12-22-20(24)17-8-9-17/h4-7,10-11,17H,8-9,12H2,1-3H3,(H,22,24)(H,23,25). The SMILES string of the molecule is Cc1cc(C)c(NC(=O)c2ccc(CNC(=O)C3CC3)cc2)c(C)c1. The molecule has 0 bridgehead atoms. The molecule has 1 fully saturated rings. The van der Waals surface area contributed by atoms with Crippen molar-refractivity contribution in [3.8, 4) is 0 Å². The van der Waals surface area contributed by atoms with Crippen molar-refractivity contribution in [3.05, 3.63) is 64.2 Å². The first-order valence-electron chi connectivity index (χ1n) is 8.70. The highest BCUT2D eigenvalue weighted by molar-refractivity contribution is 6.05. The van der Waals surface area contributed by atoms with Gasteiger partial charge in [-0.05, 0) is 62.4 Å². The molecule has 0 radical (unpaired) electrons. The summed E-state index contributed by atoms with van der Waals surface area (Å²) in [6, 6.07) is 11.5. The van der Waals surface area contributed by atoms with Crippen molar-refractivity contribution in [2.75, 3.05) is 5.32 Å². The molecular weight excluding hydrogens is 312 g/mol. The molecule has 0 aliphatic heterocycles. The van der Waals surface area contributed by atoms with Crippen molar-refractivity contribution in [1.82, 2.24) is 5.32 Å². The van der Waals surface area contributed by atoms with Crippen LogP contribution >= 0.6 is 0 Å². The van der Waals surface area contributed by atoms with Gasteiger partial charge < -0.3 is 10.6 Å². The van der Waals surface area contributed by atoms with Gasteiger partial charge in [0, 0.05) is 23.7 Å². The molecule has 0 saturated heterocycles. The van der Waals surface area contributed by atoms with Gasteiger partial charge in [0.2, 0.25) is 5.91 Å². The molecule has 130 valence electrons. The zero-order valence-electron chi connectivity index (χ0n) is 15.0. The first-order chi connectivity index (χ1) is 11.9. The van der Waals surface area contributed by atoms with Gasteiger partial charge in [0.15, 0.2) is 0 Å². The minimum Gasteiger partial charge on any atom is -0.352 e. The summed E-state index contributed by atoms with van der Waals surface area (Å²) in [4.78, 5) is 24.2. The molecule has 0 atom stereocenters. The number of carbonyl (C=O) groups excluding carboxylic acids is 2. The zero-order valence-corrected chi connectivity index (χ0v) is 15.0. The highest BCUT2D eigenvalue weighted by atomic mass is 16.2. The lowest BCUT2D eigenvalue weighted by molar-refractivity contribution is -0.122. The number of anilines is 1. The number of hydrogen-bond acceptors (Lipinski definition) is 2. The molecule has 25 heavy (non-hydrogen) atoms. The van der Waals surface area contributed by atoms with Crippen molar-refractivity contribution in [2.45, 2.75) is 40.2 Å². The Kier molecular flexibility index (Phi) is 4.88. The van der Waals surface area contributed by atoms with Crippen LogP contribution in [-0.4, -0.2) is 11.8 Å². The average Bonchev–Trinajstić information content (AvgIpc) is 3.41. The highest BCUT2D eigenvalue weighted by Gasteiger charge is 2.29. The molecule has 1 aliphatic carbocycles. The summed E-state index contributed by atoms with van der Waals surface area (Å²) in [6.07, 6.45) is 2.01. The van der Waals surface area contributed by atoms with Crippen LogP contribution in [0.15, 0.2) is 36.4 Å². The molecule has 4 heteroatoms. The Labute approximate surface area is 148 Å². The van der Waals surface area contributed by atoms with Crippen LogP contribution in [0.5, 0.6) is 0 Å². The third-order valence-electron chi connectivity index (χ3n) is 4.55. The number of rotatable bonds is 5. The smallest absolute Gasteiger partial charge is 0.255 e. The second kappa shape index (κ2) is 7.09. The van der Waals surface area contributed by atoms with Gasteiger partial charge in [-0.3, -0.25) is 9.59 Å². The van der Waals surface area contributed by atoms with E-state index in [0.717, 1.165) is 35.2 Å². The second-order valence-electron chi connectivity index (χ2n) is 6.92. The van der Waals surface area contributed by atoms with E-state index in [9.17, 15) is 9.59 Å². The molecule has 1 saturated carbocycles. The predicted molar refractivity (Wildman–Crippen MR) is 99.6 cm³/mol. The fourth-order valence-corrected chi connectivity index (χ4v) is 3.02. The molecule has 0 spiro atoms. The van der Waals surface area contributed by atoms with E-state index in [0.29, 0.717) is 12.1 Å². The molecular formula is C21H24N2O2. The highest BCUT2D eigenvalue weighted by Crippen LogP contribution is 2.28. The van der Waals surface area contributed by atoms with Crippen LogP contribution < -0.4 is 10.6 Å². The number of amides is 2. The molecule has 0 unspecified atom stereocenters. The minimum absolute atomic E-state index is 0.122. The Hall–Kier alpha value is -2.62. The Morgan fingerprint density at radius 1 is 1.00 bits per heavy atom. The Morgan fingerprint density at radius 3 is 2.16 bits per heavy atom. The van der Waals surface area contributed by atoms with Crippen LogP contribution in [0.2, 0.25) is 0 Å². The van der Waals surface area contributed by atoms with Crippen molar-refractivity contribution < 1.29 is 9.59 Å². The third-order valence-corrected chi connectivity index (χ3v) is 4.55. The van der Waals surface area contributed by atoms with Gasteiger partial charge in [-0.25, -0.2) is 0 Å².